The fourth-order valence-corrected chi connectivity index (χ4v) is 28.0. The van der Waals surface area contributed by atoms with Crippen molar-refractivity contribution in [2.24, 2.45) is 22.7 Å². The summed E-state index contributed by atoms with van der Waals surface area (Å²) >= 11 is 0. The smallest absolute Gasteiger partial charge is 0.169 e. The van der Waals surface area contributed by atoms with Crippen molar-refractivity contribution in [1.29, 1.82) is 0 Å². The third-order valence-electron chi connectivity index (χ3n) is 24.7. The summed E-state index contributed by atoms with van der Waals surface area (Å²) in [6.45, 7) is 49.3. The van der Waals surface area contributed by atoms with Crippen LogP contribution in [0.1, 0.15) is 208 Å². The Kier molecular flexibility index (Phi) is 9.94. The lowest BCUT2D eigenvalue weighted by atomic mass is 9.60. The number of carbonyl (C=O) groups excluding carboxylic acids is 2. The molecule has 0 spiro atoms. The summed E-state index contributed by atoms with van der Waals surface area (Å²) in [6, 6.07) is 25.5. The Morgan fingerprint density at radius 3 is 0.921 bits per heavy atom. The highest BCUT2D eigenvalue weighted by Gasteiger charge is 2.56. The number of aromatic nitrogens is 2. The SMILES string of the molecule is CC(C)C12CCC(C)(CC1)c1cc3c4cc([Si](C)(C(C)(C)C)C(C)(C)C)cc5c6cc7c(cc6n(c3cc1C2=O)c45)c1cc([Si](C)(C(C)(C)C)C(C)(C)C)cc2c3cc4c(cc3n7c21)C(=O)C1(C(C)C)CCC4(C)CC1. The maximum atomic E-state index is 15.5. The number of benzene rings is 5. The molecule has 9 aromatic rings. The van der Waals surface area contributed by atoms with Gasteiger partial charge in [0.2, 0.25) is 0 Å². The van der Waals surface area contributed by atoms with Crippen LogP contribution in [0.25, 0.3) is 76.2 Å². The van der Waals surface area contributed by atoms with E-state index < -0.39 is 16.1 Å². The lowest BCUT2D eigenvalue weighted by Crippen LogP contribution is -2.58. The molecule has 0 amide bonds. The summed E-state index contributed by atoms with van der Waals surface area (Å²) in [5, 5.41) is 13.8. The van der Waals surface area contributed by atoms with E-state index in [4.69, 9.17) is 0 Å². The number of hydrogen-bond donors (Lipinski definition) is 0. The molecular weight excluding hydrogens is 957 g/mol. The van der Waals surface area contributed by atoms with E-state index in [-0.39, 0.29) is 53.6 Å². The molecule has 0 saturated heterocycles. The van der Waals surface area contributed by atoms with Gasteiger partial charge in [-0.3, -0.25) is 9.59 Å². The van der Waals surface area contributed by atoms with Crippen molar-refractivity contribution in [2.45, 2.75) is 220 Å². The molecule has 0 N–H and O–H groups in total. The monoisotopic (exact) mass is 1040 g/mol. The number of hydrogen-bond acceptors (Lipinski definition) is 2. The predicted octanol–water partition coefficient (Wildman–Crippen LogP) is 19.1. The van der Waals surface area contributed by atoms with Crippen molar-refractivity contribution in [2.75, 3.05) is 0 Å². The van der Waals surface area contributed by atoms with Crippen molar-refractivity contribution in [1.82, 2.24) is 8.80 Å². The zero-order chi connectivity index (χ0) is 54.7. The van der Waals surface area contributed by atoms with Gasteiger partial charge >= 0.3 is 0 Å². The average molecular weight is 1050 g/mol. The van der Waals surface area contributed by atoms with Crippen LogP contribution < -0.4 is 10.4 Å². The summed E-state index contributed by atoms with van der Waals surface area (Å²) in [6.07, 6.45) is 8.10. The number of ketones is 2. The molecule has 5 aromatic carbocycles. The molecule has 0 unspecified atom stereocenters. The Hall–Kier alpha value is -4.53. The third kappa shape index (κ3) is 5.87. The second-order valence-corrected chi connectivity index (χ2v) is 43.5. The van der Waals surface area contributed by atoms with Gasteiger partial charge in [-0.05, 0) is 142 Å². The van der Waals surface area contributed by atoms with Crippen molar-refractivity contribution >= 4 is 114 Å². The van der Waals surface area contributed by atoms with E-state index in [2.05, 4.69) is 207 Å². The molecule has 15 rings (SSSR count). The van der Waals surface area contributed by atoms with Gasteiger partial charge in [0.05, 0.1) is 49.2 Å². The van der Waals surface area contributed by atoms with Crippen molar-refractivity contribution in [3.63, 3.8) is 0 Å². The second-order valence-electron chi connectivity index (χ2n) is 31.9. The van der Waals surface area contributed by atoms with Crippen LogP contribution in [0.2, 0.25) is 33.2 Å². The van der Waals surface area contributed by atoms with Crippen molar-refractivity contribution in [3.05, 3.63) is 82.9 Å². The molecule has 2 saturated carbocycles. The first-order chi connectivity index (χ1) is 35.1. The molecule has 0 radical (unpaired) electrons. The van der Waals surface area contributed by atoms with Gasteiger partial charge in [0.1, 0.15) is 0 Å². The summed E-state index contributed by atoms with van der Waals surface area (Å²) in [5.41, 5.74) is 11.2. The van der Waals surface area contributed by atoms with Crippen LogP contribution in [0.4, 0.5) is 0 Å². The molecule has 0 aliphatic heterocycles. The highest BCUT2D eigenvalue weighted by Crippen LogP contribution is 2.60. The first-order valence-electron chi connectivity index (χ1n) is 29.7. The van der Waals surface area contributed by atoms with E-state index in [1.165, 1.54) is 97.7 Å². The van der Waals surface area contributed by atoms with Crippen LogP contribution in [-0.4, -0.2) is 36.5 Å². The molecule has 6 heteroatoms. The van der Waals surface area contributed by atoms with Gasteiger partial charge in [-0.15, -0.1) is 0 Å². The minimum absolute atomic E-state index is 0.0356. The predicted molar refractivity (Wildman–Crippen MR) is 332 cm³/mol. The Morgan fingerprint density at radius 2 is 0.658 bits per heavy atom. The van der Waals surface area contributed by atoms with Gasteiger partial charge in [-0.1, -0.05) is 172 Å². The van der Waals surface area contributed by atoms with E-state index in [9.17, 15) is 0 Å². The molecule has 0 atom stereocenters. The summed E-state index contributed by atoms with van der Waals surface area (Å²) in [5.74, 6) is 1.32. The molecule has 4 heterocycles. The van der Waals surface area contributed by atoms with Gasteiger partial charge in [-0.2, -0.15) is 0 Å². The summed E-state index contributed by atoms with van der Waals surface area (Å²) < 4.78 is 5.21. The van der Waals surface area contributed by atoms with E-state index in [0.717, 1.165) is 62.5 Å². The van der Waals surface area contributed by atoms with Gasteiger partial charge in [-0.25, -0.2) is 0 Å². The van der Waals surface area contributed by atoms with Crippen LogP contribution in [0.5, 0.6) is 0 Å². The highest BCUT2D eigenvalue weighted by molar-refractivity contribution is 6.96. The van der Waals surface area contributed by atoms with E-state index in [1.54, 1.807) is 0 Å². The average Bonchev–Trinajstić information content (AvgIpc) is 4.18. The Morgan fingerprint density at radius 1 is 0.395 bits per heavy atom. The molecule has 76 heavy (non-hydrogen) atoms. The molecule has 4 nitrogen and oxygen atoms in total. The third-order valence-corrected chi connectivity index (χ3v) is 39.6. The van der Waals surface area contributed by atoms with Gasteiger partial charge in [0.25, 0.3) is 0 Å². The minimum atomic E-state index is -2.29. The van der Waals surface area contributed by atoms with Crippen LogP contribution in [-0.2, 0) is 10.8 Å². The zero-order valence-electron chi connectivity index (χ0n) is 50.3. The second kappa shape index (κ2) is 14.8. The van der Waals surface area contributed by atoms with Crippen LogP contribution >= 0.6 is 0 Å². The van der Waals surface area contributed by atoms with E-state index in [0.29, 0.717) is 11.6 Å². The number of fused-ring (bicyclic) bond motifs is 16. The number of rotatable bonds is 4. The maximum absolute atomic E-state index is 15.5. The number of carbonyl (C=O) groups is 2. The Balaban J connectivity index is 1.23. The Labute approximate surface area is 455 Å². The van der Waals surface area contributed by atoms with Crippen LogP contribution in [0.15, 0.2) is 60.7 Å². The molecule has 2 fully saturated rings. The van der Waals surface area contributed by atoms with E-state index in [1.807, 2.05) is 0 Å². The maximum Gasteiger partial charge on any atom is 0.169 e. The summed E-state index contributed by atoms with van der Waals surface area (Å²) in [4.78, 5) is 30.9. The van der Waals surface area contributed by atoms with Gasteiger partial charge in [0, 0.05) is 65.0 Å². The summed E-state index contributed by atoms with van der Waals surface area (Å²) in [7, 11) is -4.58. The molecule has 6 aliphatic carbocycles. The fourth-order valence-electron chi connectivity index (χ4n) is 18.3. The van der Waals surface area contributed by atoms with Crippen molar-refractivity contribution in [3.8, 4) is 0 Å². The fraction of sp³-hybridized carbons (Fsp3) is 0.543. The normalized spacial score (nSPS) is 25.2. The Bertz CT molecular complexity index is 3740. The largest absolute Gasteiger partial charge is 0.308 e. The molecule has 4 aromatic heterocycles. The zero-order valence-corrected chi connectivity index (χ0v) is 52.3. The number of Topliss-reactive ketones (excluding diaryl/α,β-unsaturated/α-hetero) is 2. The van der Waals surface area contributed by atoms with Gasteiger partial charge in [0.15, 0.2) is 11.6 Å². The number of nitrogens with zero attached hydrogens (tertiary/aromatic N) is 2. The standard InChI is InChI=1S/C70H88N2O2Si2/c1-39(2)69-25-21-67(17,22-26-69)53-33-43-47-29-41(75(19,63(5,6)7)64(8,9)10)31-49-45-36-56-46(35-55(45)71(59(47)49)57(43)37-51(53)61(69)73)50-32-42(76(20,65(11,12)13)66(14,15)16)30-48-44-34-54-52(38-58(44)72(56)60(48)50)62(74)70(40(3)4)27-23-68(54,18)24-28-70/h29-40H,21-28H2,1-20H3. The molecule has 398 valence electrons. The van der Waals surface area contributed by atoms with Crippen LogP contribution in [0, 0.1) is 22.7 Å². The molecular formula is C70H88N2O2Si2. The first-order valence-corrected chi connectivity index (χ1v) is 34.7. The first kappa shape index (κ1) is 50.9. The quantitative estimate of drug-likeness (QED) is 0.165. The van der Waals surface area contributed by atoms with Crippen molar-refractivity contribution < 1.29 is 9.59 Å². The van der Waals surface area contributed by atoms with Crippen LogP contribution in [0.3, 0.4) is 0 Å². The molecule has 4 bridgehead atoms. The molecule has 6 aliphatic rings. The topological polar surface area (TPSA) is 43.0 Å². The highest BCUT2D eigenvalue weighted by atomic mass is 28.3. The minimum Gasteiger partial charge on any atom is -0.308 e. The lowest BCUT2D eigenvalue weighted by molar-refractivity contribution is 0.0537. The lowest BCUT2D eigenvalue weighted by Gasteiger charge is -2.50. The van der Waals surface area contributed by atoms with E-state index >= 15 is 9.59 Å². The van der Waals surface area contributed by atoms with Gasteiger partial charge < -0.3 is 8.80 Å².